The molecule has 1 aromatic carbocycles. The standard InChI is InChI=1S/C13H18ClN5/c1-4-7-15-10(3)13-16-17-18-19(13)12-6-5-9(2)8-11(12)14/h5-6,8,10,15H,4,7H2,1-3H3. The van der Waals surface area contributed by atoms with Gasteiger partial charge in [-0.25, -0.2) is 0 Å². The number of aromatic nitrogens is 4. The molecule has 0 fully saturated rings. The van der Waals surface area contributed by atoms with Crippen molar-refractivity contribution in [2.45, 2.75) is 33.2 Å². The first kappa shape index (κ1) is 14.0. The van der Waals surface area contributed by atoms with E-state index in [4.69, 9.17) is 11.6 Å². The van der Waals surface area contributed by atoms with Crippen molar-refractivity contribution in [1.29, 1.82) is 0 Å². The van der Waals surface area contributed by atoms with E-state index in [1.165, 1.54) is 0 Å². The predicted octanol–water partition coefficient (Wildman–Crippen LogP) is 2.68. The van der Waals surface area contributed by atoms with Gasteiger partial charge in [0.05, 0.1) is 16.8 Å². The number of benzene rings is 1. The maximum atomic E-state index is 6.27. The molecule has 1 unspecified atom stereocenters. The molecule has 0 amide bonds. The summed E-state index contributed by atoms with van der Waals surface area (Å²) < 4.78 is 1.69. The summed E-state index contributed by atoms with van der Waals surface area (Å²) in [6.45, 7) is 7.09. The lowest BCUT2D eigenvalue weighted by atomic mass is 10.2. The second-order valence-corrected chi connectivity index (χ2v) is 4.99. The average Bonchev–Trinajstić information content (AvgIpc) is 2.85. The van der Waals surface area contributed by atoms with Crippen LogP contribution in [0.5, 0.6) is 0 Å². The van der Waals surface area contributed by atoms with Crippen LogP contribution in [-0.2, 0) is 0 Å². The minimum atomic E-state index is 0.0762. The normalized spacial score (nSPS) is 12.6. The second-order valence-electron chi connectivity index (χ2n) is 4.58. The average molecular weight is 280 g/mol. The first-order valence-electron chi connectivity index (χ1n) is 6.41. The number of nitrogens with one attached hydrogen (secondary N) is 1. The van der Waals surface area contributed by atoms with Crippen LogP contribution in [0.1, 0.15) is 37.7 Å². The van der Waals surface area contributed by atoms with Crippen molar-refractivity contribution >= 4 is 11.6 Å². The lowest BCUT2D eigenvalue weighted by Crippen LogP contribution is -2.22. The molecule has 0 saturated heterocycles. The summed E-state index contributed by atoms with van der Waals surface area (Å²) in [4.78, 5) is 0. The monoisotopic (exact) mass is 279 g/mol. The fourth-order valence-electron chi connectivity index (χ4n) is 1.87. The fourth-order valence-corrected chi connectivity index (χ4v) is 2.19. The Kier molecular flexibility index (Phi) is 4.50. The molecule has 1 heterocycles. The molecule has 5 nitrogen and oxygen atoms in total. The van der Waals surface area contributed by atoms with Gasteiger partial charge in [0.1, 0.15) is 0 Å². The van der Waals surface area contributed by atoms with Crippen LogP contribution in [0.4, 0.5) is 0 Å². The van der Waals surface area contributed by atoms with Crippen LogP contribution in [0.25, 0.3) is 5.69 Å². The summed E-state index contributed by atoms with van der Waals surface area (Å²) >= 11 is 6.27. The molecule has 0 radical (unpaired) electrons. The molecule has 1 atom stereocenters. The lowest BCUT2D eigenvalue weighted by molar-refractivity contribution is 0.531. The van der Waals surface area contributed by atoms with Gasteiger partial charge >= 0.3 is 0 Å². The first-order valence-corrected chi connectivity index (χ1v) is 6.79. The largest absolute Gasteiger partial charge is 0.307 e. The number of hydrogen-bond donors (Lipinski definition) is 1. The number of aryl methyl sites for hydroxylation is 1. The third kappa shape index (κ3) is 3.11. The Bertz CT molecular complexity index is 552. The number of tetrazole rings is 1. The molecule has 2 aromatic rings. The molecule has 0 aliphatic carbocycles. The molecule has 0 bridgehead atoms. The maximum Gasteiger partial charge on any atom is 0.173 e. The van der Waals surface area contributed by atoms with Gasteiger partial charge in [0.2, 0.25) is 0 Å². The van der Waals surface area contributed by atoms with Gasteiger partial charge in [-0.2, -0.15) is 4.68 Å². The van der Waals surface area contributed by atoms with E-state index in [2.05, 4.69) is 27.8 Å². The lowest BCUT2D eigenvalue weighted by Gasteiger charge is -2.13. The van der Waals surface area contributed by atoms with Crippen LogP contribution in [0.3, 0.4) is 0 Å². The molecule has 19 heavy (non-hydrogen) atoms. The molecule has 0 aliphatic rings. The minimum absolute atomic E-state index is 0.0762. The summed E-state index contributed by atoms with van der Waals surface area (Å²) in [5.41, 5.74) is 1.91. The second kappa shape index (κ2) is 6.12. The van der Waals surface area contributed by atoms with E-state index in [0.29, 0.717) is 5.02 Å². The van der Waals surface area contributed by atoms with E-state index in [9.17, 15) is 0 Å². The number of rotatable bonds is 5. The molecule has 2 rings (SSSR count). The Morgan fingerprint density at radius 1 is 1.42 bits per heavy atom. The van der Waals surface area contributed by atoms with Crippen LogP contribution in [0.15, 0.2) is 18.2 Å². The molecule has 0 saturated carbocycles. The molecule has 102 valence electrons. The zero-order chi connectivity index (χ0) is 13.8. The van der Waals surface area contributed by atoms with Gasteiger partial charge in [-0.3, -0.25) is 0 Å². The van der Waals surface area contributed by atoms with E-state index in [1.54, 1.807) is 4.68 Å². The topological polar surface area (TPSA) is 55.6 Å². The Balaban J connectivity index is 2.33. The van der Waals surface area contributed by atoms with Crippen LogP contribution in [-0.4, -0.2) is 26.8 Å². The molecule has 1 aromatic heterocycles. The van der Waals surface area contributed by atoms with Gasteiger partial charge in [0, 0.05) is 0 Å². The smallest absolute Gasteiger partial charge is 0.173 e. The summed E-state index contributed by atoms with van der Waals surface area (Å²) in [5, 5.41) is 15.9. The van der Waals surface area contributed by atoms with Crippen LogP contribution >= 0.6 is 11.6 Å². The van der Waals surface area contributed by atoms with Crippen molar-refractivity contribution in [3.05, 3.63) is 34.6 Å². The minimum Gasteiger partial charge on any atom is -0.307 e. The van der Waals surface area contributed by atoms with Gasteiger partial charge in [-0.05, 0) is 54.9 Å². The quantitative estimate of drug-likeness (QED) is 0.914. The van der Waals surface area contributed by atoms with Crippen molar-refractivity contribution < 1.29 is 0 Å². The fraction of sp³-hybridized carbons (Fsp3) is 0.462. The third-order valence-electron chi connectivity index (χ3n) is 2.91. The third-order valence-corrected chi connectivity index (χ3v) is 3.22. The van der Waals surface area contributed by atoms with Crippen LogP contribution < -0.4 is 5.32 Å². The summed E-state index contributed by atoms with van der Waals surface area (Å²) in [7, 11) is 0. The van der Waals surface area contributed by atoms with Crippen molar-refractivity contribution in [1.82, 2.24) is 25.5 Å². The summed E-state index contributed by atoms with van der Waals surface area (Å²) in [6, 6.07) is 5.92. The Hall–Kier alpha value is -1.46. The zero-order valence-electron chi connectivity index (χ0n) is 11.4. The zero-order valence-corrected chi connectivity index (χ0v) is 12.1. The highest BCUT2D eigenvalue weighted by Crippen LogP contribution is 2.23. The van der Waals surface area contributed by atoms with Crippen LogP contribution in [0, 0.1) is 6.92 Å². The van der Waals surface area contributed by atoms with Gasteiger partial charge in [-0.15, -0.1) is 5.10 Å². The highest BCUT2D eigenvalue weighted by atomic mass is 35.5. The summed E-state index contributed by atoms with van der Waals surface area (Å²) in [5.74, 6) is 0.763. The van der Waals surface area contributed by atoms with E-state index in [-0.39, 0.29) is 6.04 Å². The van der Waals surface area contributed by atoms with Gasteiger partial charge in [-0.1, -0.05) is 24.6 Å². The Morgan fingerprint density at radius 2 is 2.21 bits per heavy atom. The Labute approximate surface area is 118 Å². The van der Waals surface area contributed by atoms with E-state index in [0.717, 1.165) is 30.0 Å². The molecule has 6 heteroatoms. The van der Waals surface area contributed by atoms with E-state index in [1.807, 2.05) is 32.0 Å². The maximum absolute atomic E-state index is 6.27. The first-order chi connectivity index (χ1) is 9.13. The number of hydrogen-bond acceptors (Lipinski definition) is 4. The molecular formula is C13H18ClN5. The van der Waals surface area contributed by atoms with Gasteiger partial charge in [0.15, 0.2) is 5.82 Å². The van der Waals surface area contributed by atoms with Crippen molar-refractivity contribution in [2.24, 2.45) is 0 Å². The number of nitrogens with zero attached hydrogens (tertiary/aromatic N) is 4. The predicted molar refractivity (Wildman–Crippen MR) is 75.6 cm³/mol. The van der Waals surface area contributed by atoms with E-state index >= 15 is 0 Å². The van der Waals surface area contributed by atoms with Gasteiger partial charge in [0.25, 0.3) is 0 Å². The molecule has 1 N–H and O–H groups in total. The van der Waals surface area contributed by atoms with E-state index < -0.39 is 0 Å². The van der Waals surface area contributed by atoms with Crippen molar-refractivity contribution in [2.75, 3.05) is 6.54 Å². The van der Waals surface area contributed by atoms with Crippen LogP contribution in [0.2, 0.25) is 5.02 Å². The SMILES string of the molecule is CCCNC(C)c1nnnn1-c1ccc(C)cc1Cl. The van der Waals surface area contributed by atoms with Gasteiger partial charge < -0.3 is 5.32 Å². The summed E-state index contributed by atoms with van der Waals surface area (Å²) in [6.07, 6.45) is 1.07. The molecular weight excluding hydrogens is 262 g/mol. The highest BCUT2D eigenvalue weighted by Gasteiger charge is 2.16. The van der Waals surface area contributed by atoms with Crippen molar-refractivity contribution in [3.63, 3.8) is 0 Å². The Morgan fingerprint density at radius 3 is 2.89 bits per heavy atom. The highest BCUT2D eigenvalue weighted by molar-refractivity contribution is 6.32. The number of halogens is 1. The molecule has 0 spiro atoms. The molecule has 0 aliphatic heterocycles. The van der Waals surface area contributed by atoms with Crippen molar-refractivity contribution in [3.8, 4) is 5.69 Å².